The van der Waals surface area contributed by atoms with E-state index in [1.54, 1.807) is 7.05 Å². The normalized spacial score (nSPS) is 21.6. The lowest BCUT2D eigenvalue weighted by Gasteiger charge is -2.32. The summed E-state index contributed by atoms with van der Waals surface area (Å²) in [7, 11) is 3.21. The Kier molecular flexibility index (Phi) is 6.11. The fourth-order valence-electron chi connectivity index (χ4n) is 4.71. The van der Waals surface area contributed by atoms with Gasteiger partial charge in [-0.25, -0.2) is 9.78 Å². The molecule has 0 spiro atoms. The van der Waals surface area contributed by atoms with Crippen LogP contribution in [0.2, 0.25) is 0 Å². The molecule has 0 amide bonds. The zero-order valence-electron chi connectivity index (χ0n) is 18.8. The Morgan fingerprint density at radius 1 is 1.06 bits per heavy atom. The number of benzene rings is 1. The van der Waals surface area contributed by atoms with Crippen LogP contribution in [0.3, 0.4) is 0 Å². The van der Waals surface area contributed by atoms with Gasteiger partial charge in [-0.3, -0.25) is 13.9 Å². The van der Waals surface area contributed by atoms with Crippen LogP contribution in [0.1, 0.15) is 31.7 Å². The van der Waals surface area contributed by atoms with Crippen LogP contribution in [0.15, 0.2) is 39.9 Å². The van der Waals surface area contributed by atoms with Crippen molar-refractivity contribution in [1.82, 2.24) is 18.7 Å². The molecule has 1 fully saturated rings. The molecular formula is C23H32N5O3+. The van der Waals surface area contributed by atoms with Crippen LogP contribution in [0, 0.1) is 0 Å². The molecule has 1 aliphatic heterocycles. The molecule has 0 saturated carbocycles. The van der Waals surface area contributed by atoms with Gasteiger partial charge in [-0.05, 0) is 32.3 Å². The van der Waals surface area contributed by atoms with Crippen molar-refractivity contribution in [3.05, 3.63) is 62.6 Å². The zero-order valence-corrected chi connectivity index (χ0v) is 18.8. The Hall–Kier alpha value is -2.71. The average molecular weight is 427 g/mol. The van der Waals surface area contributed by atoms with E-state index in [2.05, 4.69) is 26.0 Å². The van der Waals surface area contributed by atoms with E-state index >= 15 is 0 Å². The Labute approximate surface area is 181 Å². The summed E-state index contributed by atoms with van der Waals surface area (Å²) in [6, 6.07) is 10.3. The topological polar surface area (TPSA) is 75.5 Å². The molecule has 31 heavy (non-hydrogen) atoms. The molecule has 1 aliphatic rings. The number of fused-ring (bicyclic) bond motifs is 1. The van der Waals surface area contributed by atoms with Gasteiger partial charge in [0.2, 0.25) is 0 Å². The van der Waals surface area contributed by atoms with Crippen molar-refractivity contribution in [3.8, 4) is 0 Å². The number of quaternary nitrogens is 1. The summed E-state index contributed by atoms with van der Waals surface area (Å²) in [5, 5.41) is 0. The predicted molar refractivity (Wildman–Crippen MR) is 119 cm³/mol. The van der Waals surface area contributed by atoms with Crippen molar-refractivity contribution >= 4 is 11.2 Å². The van der Waals surface area contributed by atoms with E-state index in [1.165, 1.54) is 26.6 Å². The maximum Gasteiger partial charge on any atom is 0.332 e. The minimum Gasteiger partial charge on any atom is -0.364 e. The number of hydrogen-bond donors (Lipinski definition) is 1. The second-order valence-corrected chi connectivity index (χ2v) is 8.74. The van der Waals surface area contributed by atoms with E-state index in [9.17, 15) is 9.59 Å². The lowest BCUT2D eigenvalue weighted by atomic mass is 10.1. The zero-order chi connectivity index (χ0) is 22.1. The second-order valence-electron chi connectivity index (χ2n) is 8.74. The quantitative estimate of drug-likeness (QED) is 0.614. The van der Waals surface area contributed by atoms with Crippen LogP contribution in [0.4, 0.5) is 0 Å². The van der Waals surface area contributed by atoms with Gasteiger partial charge in [0.1, 0.15) is 31.8 Å². The average Bonchev–Trinajstić information content (AvgIpc) is 3.09. The van der Waals surface area contributed by atoms with Crippen LogP contribution < -0.4 is 16.1 Å². The molecule has 166 valence electrons. The summed E-state index contributed by atoms with van der Waals surface area (Å²) < 4.78 is 10.6. The van der Waals surface area contributed by atoms with Crippen molar-refractivity contribution in [3.63, 3.8) is 0 Å². The van der Waals surface area contributed by atoms with Crippen molar-refractivity contribution in [2.24, 2.45) is 14.1 Å². The third-order valence-corrected chi connectivity index (χ3v) is 6.14. The first-order valence-electron chi connectivity index (χ1n) is 11.0. The third kappa shape index (κ3) is 4.36. The van der Waals surface area contributed by atoms with Crippen molar-refractivity contribution in [1.29, 1.82) is 0 Å². The van der Waals surface area contributed by atoms with Crippen LogP contribution in [0.25, 0.3) is 11.2 Å². The van der Waals surface area contributed by atoms with Gasteiger partial charge in [0.15, 0.2) is 17.0 Å². The van der Waals surface area contributed by atoms with Crippen molar-refractivity contribution < 1.29 is 9.64 Å². The summed E-state index contributed by atoms with van der Waals surface area (Å²) >= 11 is 0. The van der Waals surface area contributed by atoms with Gasteiger partial charge in [-0.1, -0.05) is 30.3 Å². The summed E-state index contributed by atoms with van der Waals surface area (Å²) in [5.41, 5.74) is 1.63. The number of hydrogen-bond acceptors (Lipinski definition) is 4. The number of rotatable bonds is 6. The van der Waals surface area contributed by atoms with Crippen LogP contribution >= 0.6 is 0 Å². The predicted octanol–water partition coefficient (Wildman–Crippen LogP) is 0.259. The van der Waals surface area contributed by atoms with E-state index in [0.29, 0.717) is 24.3 Å². The molecule has 0 bridgehead atoms. The number of aromatic nitrogens is 4. The first kappa shape index (κ1) is 21.5. The molecule has 3 aromatic rings. The molecule has 4 rings (SSSR count). The largest absolute Gasteiger partial charge is 0.364 e. The SMILES string of the molecule is C[C@H]1C[NH+](Cc2nc3c(c(=O)n(C)c(=O)n3C)n2CCCc2ccccc2)C[C@H](C)O1. The number of imidazole rings is 1. The Morgan fingerprint density at radius 2 is 1.74 bits per heavy atom. The van der Waals surface area contributed by atoms with Crippen molar-refractivity contribution in [2.45, 2.75) is 52.0 Å². The fourth-order valence-corrected chi connectivity index (χ4v) is 4.71. The summed E-state index contributed by atoms with van der Waals surface area (Å²) in [5.74, 6) is 0.859. The minimum atomic E-state index is -0.348. The smallest absolute Gasteiger partial charge is 0.332 e. The first-order chi connectivity index (χ1) is 14.8. The number of nitrogens with one attached hydrogen (secondary N) is 1. The molecular weight excluding hydrogens is 394 g/mol. The molecule has 0 radical (unpaired) electrons. The van der Waals surface area contributed by atoms with E-state index in [4.69, 9.17) is 9.72 Å². The van der Waals surface area contributed by atoms with Gasteiger partial charge in [0.25, 0.3) is 5.56 Å². The molecule has 2 atom stereocenters. The Balaban J connectivity index is 1.70. The lowest BCUT2D eigenvalue weighted by molar-refractivity contribution is -0.929. The van der Waals surface area contributed by atoms with Gasteiger partial charge in [-0.15, -0.1) is 0 Å². The summed E-state index contributed by atoms with van der Waals surface area (Å²) in [4.78, 5) is 31.7. The second kappa shape index (κ2) is 8.80. The molecule has 1 saturated heterocycles. The van der Waals surface area contributed by atoms with E-state index < -0.39 is 0 Å². The number of nitrogens with zero attached hydrogens (tertiary/aromatic N) is 4. The Morgan fingerprint density at radius 3 is 2.42 bits per heavy atom. The summed E-state index contributed by atoms with van der Waals surface area (Å²) in [6.07, 6.45) is 2.18. The Bertz CT molecular complexity index is 1170. The monoisotopic (exact) mass is 426 g/mol. The molecule has 1 N–H and O–H groups in total. The van der Waals surface area contributed by atoms with Gasteiger partial charge >= 0.3 is 5.69 Å². The highest BCUT2D eigenvalue weighted by Gasteiger charge is 2.28. The highest BCUT2D eigenvalue weighted by Crippen LogP contribution is 2.13. The third-order valence-electron chi connectivity index (χ3n) is 6.14. The molecule has 8 heteroatoms. The van der Waals surface area contributed by atoms with Gasteiger partial charge in [-0.2, -0.15) is 0 Å². The van der Waals surface area contributed by atoms with Crippen LogP contribution in [-0.2, 0) is 38.3 Å². The molecule has 1 aromatic carbocycles. The van der Waals surface area contributed by atoms with Crippen LogP contribution in [-0.4, -0.2) is 44.0 Å². The number of morpholine rings is 1. The van der Waals surface area contributed by atoms with Crippen molar-refractivity contribution in [2.75, 3.05) is 13.1 Å². The molecule has 0 unspecified atom stereocenters. The lowest BCUT2D eigenvalue weighted by Crippen LogP contribution is -3.14. The van der Waals surface area contributed by atoms with E-state index in [0.717, 1.165) is 31.8 Å². The summed E-state index contributed by atoms with van der Waals surface area (Å²) in [6.45, 7) is 7.37. The van der Waals surface area contributed by atoms with Gasteiger partial charge in [0.05, 0.1) is 0 Å². The molecule has 8 nitrogen and oxygen atoms in total. The minimum absolute atomic E-state index is 0.187. The highest BCUT2D eigenvalue weighted by molar-refractivity contribution is 5.71. The van der Waals surface area contributed by atoms with Gasteiger partial charge in [0, 0.05) is 20.6 Å². The molecule has 3 heterocycles. The first-order valence-corrected chi connectivity index (χ1v) is 11.0. The number of aryl methyl sites for hydroxylation is 3. The fraction of sp³-hybridized carbons (Fsp3) is 0.522. The van der Waals surface area contributed by atoms with Crippen LogP contribution in [0.5, 0.6) is 0 Å². The standard InChI is InChI=1S/C23H31N5O3/c1-16-13-27(14-17(2)31-16)15-19-24-21-20(22(29)26(4)23(30)25(21)3)28(19)12-8-11-18-9-6-5-7-10-18/h5-7,9-10,16-17H,8,11-15H2,1-4H3/p+1/t16-,17-/m0/s1. The number of ether oxygens (including phenoxy) is 1. The molecule has 2 aromatic heterocycles. The maximum absolute atomic E-state index is 13.0. The van der Waals surface area contributed by atoms with Gasteiger partial charge < -0.3 is 14.2 Å². The highest BCUT2D eigenvalue weighted by atomic mass is 16.5. The van der Waals surface area contributed by atoms with E-state index in [-0.39, 0.29) is 23.5 Å². The molecule has 0 aliphatic carbocycles. The maximum atomic E-state index is 13.0. The van der Waals surface area contributed by atoms with E-state index in [1.807, 2.05) is 22.8 Å².